The van der Waals surface area contributed by atoms with Gasteiger partial charge in [-0.2, -0.15) is 0 Å². The number of furan rings is 1. The first-order valence-corrected chi connectivity index (χ1v) is 17.8. The molecule has 1 heterocycles. The van der Waals surface area contributed by atoms with Gasteiger partial charge < -0.3 is 4.42 Å². The average Bonchev–Trinajstić information content (AvgIpc) is 3.74. The van der Waals surface area contributed by atoms with Crippen molar-refractivity contribution in [2.75, 3.05) is 0 Å². The Morgan fingerprint density at radius 2 is 0.941 bits per heavy atom. The largest absolute Gasteiger partial charge is 0.455 e. The molecule has 0 saturated carbocycles. The second kappa shape index (κ2) is 10.8. The van der Waals surface area contributed by atoms with E-state index in [0.29, 0.717) is 5.92 Å². The molecule has 1 aromatic heterocycles. The highest BCUT2D eigenvalue weighted by atomic mass is 16.3. The molecule has 0 N–H and O–H groups in total. The van der Waals surface area contributed by atoms with E-state index < -0.39 is 0 Å². The van der Waals surface area contributed by atoms with Crippen LogP contribution in [0.2, 0.25) is 0 Å². The van der Waals surface area contributed by atoms with Gasteiger partial charge in [-0.1, -0.05) is 163 Å². The van der Waals surface area contributed by atoms with Crippen LogP contribution in [0.3, 0.4) is 0 Å². The number of benzene rings is 9. The molecule has 1 atom stereocenters. The molecule has 238 valence electrons. The Morgan fingerprint density at radius 3 is 1.61 bits per heavy atom. The molecule has 0 aliphatic heterocycles. The van der Waals surface area contributed by atoms with Crippen molar-refractivity contribution in [3.8, 4) is 22.3 Å². The van der Waals surface area contributed by atoms with Crippen molar-refractivity contribution in [3.63, 3.8) is 0 Å². The summed E-state index contributed by atoms with van der Waals surface area (Å²) < 4.78 is 6.69. The van der Waals surface area contributed by atoms with Crippen LogP contribution in [0.15, 0.2) is 174 Å². The summed E-state index contributed by atoms with van der Waals surface area (Å²) in [4.78, 5) is 0. The van der Waals surface area contributed by atoms with E-state index in [9.17, 15) is 0 Å². The van der Waals surface area contributed by atoms with Gasteiger partial charge in [-0.3, -0.25) is 0 Å². The summed E-state index contributed by atoms with van der Waals surface area (Å²) in [5, 5.41) is 12.2. The summed E-state index contributed by atoms with van der Waals surface area (Å²) in [7, 11) is 0. The van der Waals surface area contributed by atoms with E-state index >= 15 is 0 Å². The zero-order valence-corrected chi connectivity index (χ0v) is 28.2. The van der Waals surface area contributed by atoms with Crippen molar-refractivity contribution in [2.45, 2.75) is 12.8 Å². The molecule has 0 fully saturated rings. The van der Waals surface area contributed by atoms with Crippen LogP contribution >= 0.6 is 0 Å². The van der Waals surface area contributed by atoms with Gasteiger partial charge in [-0.05, 0) is 95.7 Å². The number of allylic oxidation sites excluding steroid dienone is 1. The van der Waals surface area contributed by atoms with Gasteiger partial charge in [-0.15, -0.1) is 0 Å². The van der Waals surface area contributed by atoms with Gasteiger partial charge in [0.2, 0.25) is 0 Å². The molecule has 1 heteroatoms. The standard InChI is InChI=1S/C50H32O/c1-30-28-33-12-2-3-13-35(33)46(30)31-22-24-32(25-23-31)47-39-17-7-9-19-41(39)48(42-20-10-8-18-40(42)47)34-26-27-45-44(29-34)49-38-16-6-4-14-36(38)37-15-5-11-21-43(37)50(49)51-45/h2-29,46H,1H3. The Balaban J connectivity index is 1.14. The van der Waals surface area contributed by atoms with Crippen molar-refractivity contribution >= 4 is 71.1 Å². The van der Waals surface area contributed by atoms with Crippen LogP contribution in [0.5, 0.6) is 0 Å². The fourth-order valence-corrected chi connectivity index (χ4v) is 9.08. The van der Waals surface area contributed by atoms with Crippen molar-refractivity contribution < 1.29 is 4.42 Å². The highest BCUT2D eigenvalue weighted by Crippen LogP contribution is 2.47. The monoisotopic (exact) mass is 648 g/mol. The van der Waals surface area contributed by atoms with Gasteiger partial charge >= 0.3 is 0 Å². The van der Waals surface area contributed by atoms with E-state index in [4.69, 9.17) is 4.42 Å². The van der Waals surface area contributed by atoms with Crippen molar-refractivity contribution in [3.05, 3.63) is 186 Å². The third-order valence-electron chi connectivity index (χ3n) is 11.2. The molecule has 1 unspecified atom stereocenters. The van der Waals surface area contributed by atoms with Crippen LogP contribution in [-0.4, -0.2) is 0 Å². The molecule has 9 aromatic carbocycles. The summed E-state index contributed by atoms with van der Waals surface area (Å²) >= 11 is 0. The normalized spacial score (nSPS) is 14.3. The van der Waals surface area contributed by atoms with E-state index in [1.807, 2.05) is 0 Å². The second-order valence-electron chi connectivity index (χ2n) is 14.0. The summed E-state index contributed by atoms with van der Waals surface area (Å²) in [5.41, 5.74) is 12.3. The van der Waals surface area contributed by atoms with Crippen LogP contribution < -0.4 is 0 Å². The Labute approximate surface area is 295 Å². The molecule has 0 saturated heterocycles. The summed E-state index contributed by atoms with van der Waals surface area (Å²) in [6, 6.07) is 60.1. The third-order valence-corrected chi connectivity index (χ3v) is 11.2. The fraction of sp³-hybridized carbons (Fsp3) is 0.0400. The minimum atomic E-state index is 0.301. The molecule has 1 aliphatic rings. The topological polar surface area (TPSA) is 13.1 Å². The maximum atomic E-state index is 6.69. The third kappa shape index (κ3) is 4.09. The fourth-order valence-electron chi connectivity index (χ4n) is 9.08. The van der Waals surface area contributed by atoms with Gasteiger partial charge in [0.1, 0.15) is 11.2 Å². The molecule has 1 nitrogen and oxygen atoms in total. The number of rotatable bonds is 3. The highest BCUT2D eigenvalue weighted by Gasteiger charge is 2.24. The summed E-state index contributed by atoms with van der Waals surface area (Å²) in [6.07, 6.45) is 2.34. The van der Waals surface area contributed by atoms with Gasteiger partial charge in [0.25, 0.3) is 0 Å². The van der Waals surface area contributed by atoms with Crippen molar-refractivity contribution in [1.82, 2.24) is 0 Å². The first-order valence-electron chi connectivity index (χ1n) is 17.8. The second-order valence-corrected chi connectivity index (χ2v) is 14.0. The minimum Gasteiger partial charge on any atom is -0.455 e. The maximum absolute atomic E-state index is 6.69. The number of fused-ring (bicyclic) bond motifs is 11. The van der Waals surface area contributed by atoms with Crippen LogP contribution in [0.1, 0.15) is 29.5 Å². The van der Waals surface area contributed by atoms with Crippen molar-refractivity contribution in [1.29, 1.82) is 0 Å². The lowest BCUT2D eigenvalue weighted by Crippen LogP contribution is -1.99. The zero-order chi connectivity index (χ0) is 33.6. The average molecular weight is 649 g/mol. The number of hydrogen-bond donors (Lipinski definition) is 0. The Morgan fingerprint density at radius 1 is 0.431 bits per heavy atom. The Hall–Kier alpha value is -6.44. The summed E-state index contributed by atoms with van der Waals surface area (Å²) in [6.45, 7) is 2.26. The van der Waals surface area contributed by atoms with Crippen LogP contribution in [0.25, 0.3) is 93.4 Å². The molecular weight excluding hydrogens is 617 g/mol. The highest BCUT2D eigenvalue weighted by molar-refractivity contribution is 6.31. The molecule has 1 aliphatic carbocycles. The van der Waals surface area contributed by atoms with Gasteiger partial charge in [-0.25, -0.2) is 0 Å². The van der Waals surface area contributed by atoms with Crippen LogP contribution in [0, 0.1) is 0 Å². The van der Waals surface area contributed by atoms with E-state index in [2.05, 4.69) is 177 Å². The molecule has 0 amide bonds. The first kappa shape index (κ1) is 28.4. The molecule has 51 heavy (non-hydrogen) atoms. The quantitative estimate of drug-likeness (QED) is 0.137. The van der Waals surface area contributed by atoms with Gasteiger partial charge in [0, 0.05) is 22.1 Å². The first-order chi connectivity index (χ1) is 25.2. The van der Waals surface area contributed by atoms with E-state index in [1.165, 1.54) is 87.6 Å². The SMILES string of the molecule is CC1=Cc2ccccc2C1c1ccc(-c2c3ccccc3c(-c3ccc4oc5c6ccccc6c6ccccc6c5c4c3)c3ccccc23)cc1. The lowest BCUT2D eigenvalue weighted by atomic mass is 9.84. The molecule has 0 radical (unpaired) electrons. The molecule has 0 spiro atoms. The van der Waals surface area contributed by atoms with E-state index in [0.717, 1.165) is 21.9 Å². The predicted molar refractivity (Wildman–Crippen MR) is 217 cm³/mol. The zero-order valence-electron chi connectivity index (χ0n) is 28.2. The van der Waals surface area contributed by atoms with Gasteiger partial charge in [0.15, 0.2) is 0 Å². The van der Waals surface area contributed by atoms with Crippen molar-refractivity contribution in [2.24, 2.45) is 0 Å². The summed E-state index contributed by atoms with van der Waals surface area (Å²) in [5.74, 6) is 0.301. The van der Waals surface area contributed by atoms with Crippen LogP contribution in [0.4, 0.5) is 0 Å². The van der Waals surface area contributed by atoms with Gasteiger partial charge in [0.05, 0.1) is 0 Å². The van der Waals surface area contributed by atoms with Crippen LogP contribution in [-0.2, 0) is 0 Å². The molecular formula is C50H32O. The lowest BCUT2D eigenvalue weighted by molar-refractivity contribution is 0.673. The smallest absolute Gasteiger partial charge is 0.143 e. The molecule has 10 aromatic rings. The molecule has 11 rings (SSSR count). The Bertz CT molecular complexity index is 3030. The van der Waals surface area contributed by atoms with E-state index in [1.54, 1.807) is 0 Å². The Kier molecular flexibility index (Phi) is 6.00. The van der Waals surface area contributed by atoms with E-state index in [-0.39, 0.29) is 0 Å². The lowest BCUT2D eigenvalue weighted by Gasteiger charge is -2.19. The predicted octanol–water partition coefficient (Wildman–Crippen LogP) is 14.1. The minimum absolute atomic E-state index is 0.301. The maximum Gasteiger partial charge on any atom is 0.143 e. The number of hydrogen-bond acceptors (Lipinski definition) is 1. The molecule has 0 bridgehead atoms.